The van der Waals surface area contributed by atoms with Crippen LogP contribution in [0.3, 0.4) is 0 Å². The lowest BCUT2D eigenvalue weighted by Gasteiger charge is -2.13. The Balaban J connectivity index is 0.00000117. The summed E-state index contributed by atoms with van der Waals surface area (Å²) < 4.78 is 0. The zero-order valence-electron chi connectivity index (χ0n) is 15.9. The van der Waals surface area contributed by atoms with Crippen molar-refractivity contribution in [2.75, 3.05) is 5.32 Å². The van der Waals surface area contributed by atoms with Crippen molar-refractivity contribution in [2.45, 2.75) is 34.1 Å². The van der Waals surface area contributed by atoms with Gasteiger partial charge in [0.15, 0.2) is 0 Å². The molecule has 1 heterocycles. The molecule has 134 valence electrons. The Morgan fingerprint density at radius 1 is 1.15 bits per heavy atom. The van der Waals surface area contributed by atoms with Crippen LogP contribution in [0.2, 0.25) is 0 Å². The van der Waals surface area contributed by atoms with E-state index in [0.29, 0.717) is 0 Å². The molecule has 1 aromatic carbocycles. The van der Waals surface area contributed by atoms with E-state index in [4.69, 9.17) is 0 Å². The van der Waals surface area contributed by atoms with E-state index < -0.39 is 0 Å². The predicted octanol–water partition coefficient (Wildman–Crippen LogP) is 6.03. The van der Waals surface area contributed by atoms with Gasteiger partial charge in [0.25, 0.3) is 0 Å². The van der Waals surface area contributed by atoms with Gasteiger partial charge in [-0.1, -0.05) is 50.3 Å². The van der Waals surface area contributed by atoms with Crippen LogP contribution in [0.25, 0.3) is 23.4 Å². The van der Waals surface area contributed by atoms with E-state index in [9.17, 15) is 4.79 Å². The zero-order valence-corrected chi connectivity index (χ0v) is 15.9. The number of carbonyl (C=O) groups is 1. The molecular weight excluding hydrogens is 320 g/mol. The molecule has 3 heteroatoms. The van der Waals surface area contributed by atoms with Crippen LogP contribution >= 0.6 is 0 Å². The molecule has 3 nitrogen and oxygen atoms in total. The standard InChI is InChI=1S/C21H20N2O.C2H6/c1-3-7-20(24)23-17-11-10-15(2)19(14-17)21-18-9-6-4-5-8-16(18)12-13-22-21;1-2/h3,5-14H,4H2,1-2H3,(H,23,24);1-2H3/b7-3+;. The molecule has 1 aliphatic carbocycles. The summed E-state index contributed by atoms with van der Waals surface area (Å²) in [4.78, 5) is 16.4. The fourth-order valence-electron chi connectivity index (χ4n) is 2.77. The molecule has 1 aliphatic rings. The normalized spacial score (nSPS) is 12.2. The maximum atomic E-state index is 11.8. The van der Waals surface area contributed by atoms with E-state index >= 15 is 0 Å². The molecule has 0 radical (unpaired) electrons. The Labute approximate surface area is 156 Å². The van der Waals surface area contributed by atoms with Gasteiger partial charge in [0.05, 0.1) is 5.69 Å². The second-order valence-electron chi connectivity index (χ2n) is 5.72. The Morgan fingerprint density at radius 3 is 2.69 bits per heavy atom. The van der Waals surface area contributed by atoms with E-state index in [2.05, 4.69) is 41.5 Å². The van der Waals surface area contributed by atoms with E-state index in [1.807, 2.05) is 51.2 Å². The van der Waals surface area contributed by atoms with Crippen LogP contribution < -0.4 is 5.32 Å². The number of amides is 1. The molecule has 1 amide bonds. The van der Waals surface area contributed by atoms with Crippen LogP contribution in [0, 0.1) is 6.92 Å². The number of hydrogen-bond acceptors (Lipinski definition) is 2. The quantitative estimate of drug-likeness (QED) is 0.690. The van der Waals surface area contributed by atoms with E-state index in [0.717, 1.165) is 40.1 Å². The maximum absolute atomic E-state index is 11.8. The highest BCUT2D eigenvalue weighted by Gasteiger charge is 2.12. The molecule has 2 aromatic rings. The number of rotatable bonds is 3. The monoisotopic (exact) mass is 346 g/mol. The summed E-state index contributed by atoms with van der Waals surface area (Å²) in [6.45, 7) is 7.88. The number of carbonyl (C=O) groups excluding carboxylic acids is 1. The van der Waals surface area contributed by atoms with Crippen LogP contribution in [-0.2, 0) is 4.79 Å². The van der Waals surface area contributed by atoms with Gasteiger partial charge in [-0.05, 0) is 55.7 Å². The van der Waals surface area contributed by atoms with Crippen molar-refractivity contribution in [3.05, 3.63) is 71.5 Å². The third-order valence-electron chi connectivity index (χ3n) is 3.96. The van der Waals surface area contributed by atoms with Crippen LogP contribution in [0.4, 0.5) is 5.69 Å². The van der Waals surface area contributed by atoms with Crippen molar-refractivity contribution in [1.29, 1.82) is 0 Å². The number of nitrogens with one attached hydrogen (secondary N) is 1. The molecule has 0 saturated heterocycles. The van der Waals surface area contributed by atoms with E-state index in [1.54, 1.807) is 6.08 Å². The highest BCUT2D eigenvalue weighted by Crippen LogP contribution is 2.31. The van der Waals surface area contributed by atoms with Crippen LogP contribution in [-0.4, -0.2) is 10.9 Å². The summed E-state index contributed by atoms with van der Waals surface area (Å²) >= 11 is 0. The molecule has 0 atom stereocenters. The maximum Gasteiger partial charge on any atom is 0.248 e. The second kappa shape index (κ2) is 9.52. The molecule has 0 fully saturated rings. The largest absolute Gasteiger partial charge is 0.323 e. The minimum absolute atomic E-state index is 0.130. The Bertz CT molecular complexity index is 861. The van der Waals surface area contributed by atoms with Crippen molar-refractivity contribution >= 4 is 23.7 Å². The van der Waals surface area contributed by atoms with Gasteiger partial charge in [0.1, 0.15) is 0 Å². The van der Waals surface area contributed by atoms with Gasteiger partial charge in [0, 0.05) is 23.0 Å². The Morgan fingerprint density at radius 2 is 1.92 bits per heavy atom. The number of pyridine rings is 1. The highest BCUT2D eigenvalue weighted by molar-refractivity contribution is 5.99. The lowest BCUT2D eigenvalue weighted by atomic mass is 9.97. The Kier molecular flexibility index (Phi) is 7.10. The molecule has 0 saturated carbocycles. The van der Waals surface area contributed by atoms with E-state index in [1.165, 1.54) is 6.08 Å². The first-order chi connectivity index (χ1) is 12.7. The second-order valence-corrected chi connectivity index (χ2v) is 5.72. The molecule has 1 N–H and O–H groups in total. The van der Waals surface area contributed by atoms with Gasteiger partial charge in [-0.3, -0.25) is 9.78 Å². The first kappa shape index (κ1) is 19.4. The first-order valence-electron chi connectivity index (χ1n) is 9.06. The first-order valence-corrected chi connectivity index (χ1v) is 9.06. The Hall–Kier alpha value is -2.94. The number of anilines is 1. The molecule has 1 aromatic heterocycles. The van der Waals surface area contributed by atoms with E-state index in [-0.39, 0.29) is 5.91 Å². The lowest BCUT2D eigenvalue weighted by molar-refractivity contribution is -0.111. The smallest absolute Gasteiger partial charge is 0.248 e. The third kappa shape index (κ3) is 4.57. The van der Waals surface area contributed by atoms with Crippen molar-refractivity contribution in [1.82, 2.24) is 4.98 Å². The van der Waals surface area contributed by atoms with Crippen molar-refractivity contribution in [3.63, 3.8) is 0 Å². The van der Waals surface area contributed by atoms with Crippen LogP contribution in [0.15, 0.2) is 54.8 Å². The fourth-order valence-corrected chi connectivity index (χ4v) is 2.77. The lowest BCUT2D eigenvalue weighted by Crippen LogP contribution is -2.08. The fraction of sp³-hybridized carbons (Fsp3) is 0.217. The van der Waals surface area contributed by atoms with Crippen LogP contribution in [0.5, 0.6) is 0 Å². The summed E-state index contributed by atoms with van der Waals surface area (Å²) in [7, 11) is 0. The predicted molar refractivity (Wildman–Crippen MR) is 112 cm³/mol. The number of nitrogens with zero attached hydrogens (tertiary/aromatic N) is 1. The minimum Gasteiger partial charge on any atom is -0.323 e. The third-order valence-corrected chi connectivity index (χ3v) is 3.96. The summed E-state index contributed by atoms with van der Waals surface area (Å²) in [5.41, 5.74) is 6.15. The van der Waals surface area contributed by atoms with Crippen LogP contribution in [0.1, 0.15) is 43.9 Å². The average Bonchev–Trinajstić information content (AvgIpc) is 2.90. The topological polar surface area (TPSA) is 42.0 Å². The summed E-state index contributed by atoms with van der Waals surface area (Å²) in [5.74, 6) is -0.130. The summed E-state index contributed by atoms with van der Waals surface area (Å²) in [6, 6.07) is 7.94. The van der Waals surface area contributed by atoms with Crippen molar-refractivity contribution in [3.8, 4) is 11.3 Å². The number of fused-ring (bicyclic) bond motifs is 1. The van der Waals surface area contributed by atoms with Gasteiger partial charge < -0.3 is 5.32 Å². The molecule has 3 rings (SSSR count). The van der Waals surface area contributed by atoms with Gasteiger partial charge in [0.2, 0.25) is 5.91 Å². The van der Waals surface area contributed by atoms with Crippen molar-refractivity contribution in [2.24, 2.45) is 0 Å². The van der Waals surface area contributed by atoms with Crippen molar-refractivity contribution < 1.29 is 4.79 Å². The average molecular weight is 346 g/mol. The molecule has 26 heavy (non-hydrogen) atoms. The highest BCUT2D eigenvalue weighted by atomic mass is 16.1. The SMILES string of the molecule is C/C=C/C(=O)Nc1ccc(C)c(-c2nccc3c2C=CCC=C3)c1.CC. The number of aryl methyl sites for hydroxylation is 1. The molecule has 0 spiro atoms. The summed E-state index contributed by atoms with van der Waals surface area (Å²) in [6.07, 6.45) is 14.5. The number of allylic oxidation sites excluding steroid dienone is 3. The number of aromatic nitrogens is 1. The number of benzene rings is 1. The minimum atomic E-state index is -0.130. The number of hydrogen-bond donors (Lipinski definition) is 1. The molecule has 0 bridgehead atoms. The van der Waals surface area contributed by atoms with Gasteiger partial charge in [-0.15, -0.1) is 0 Å². The molecular formula is C23H26N2O. The van der Waals surface area contributed by atoms with Gasteiger partial charge in [-0.25, -0.2) is 0 Å². The summed E-state index contributed by atoms with van der Waals surface area (Å²) in [5, 5.41) is 2.89. The molecule has 0 aliphatic heterocycles. The van der Waals surface area contributed by atoms with Gasteiger partial charge >= 0.3 is 0 Å². The van der Waals surface area contributed by atoms with Gasteiger partial charge in [-0.2, -0.15) is 0 Å². The zero-order chi connectivity index (χ0) is 18.9. The molecule has 0 unspecified atom stereocenters.